The molecule has 4 aromatic rings. The van der Waals surface area contributed by atoms with E-state index in [-0.39, 0.29) is 97.1 Å². The van der Waals surface area contributed by atoms with E-state index < -0.39 is 134 Å². The van der Waals surface area contributed by atoms with Crippen molar-refractivity contribution in [3.8, 4) is 33.8 Å². The van der Waals surface area contributed by atoms with Gasteiger partial charge in [0.05, 0.1) is 26.1 Å². The van der Waals surface area contributed by atoms with E-state index >= 15 is 0 Å². The highest BCUT2D eigenvalue weighted by atomic mass is 16.7. The molecule has 0 aromatic heterocycles. The Morgan fingerprint density at radius 1 is 0.380 bits per heavy atom. The molecule has 0 amide bonds. The summed E-state index contributed by atoms with van der Waals surface area (Å²) in [6.07, 6.45) is -15.2. The van der Waals surface area contributed by atoms with Crippen molar-refractivity contribution >= 4 is 71.3 Å². The Labute approximate surface area is 529 Å². The molecule has 0 saturated carbocycles. The summed E-state index contributed by atoms with van der Waals surface area (Å²) in [5, 5.41) is 0. The Morgan fingerprint density at radius 2 is 0.717 bits per heavy atom. The SMILES string of the molecule is CCOC(=O)Cc1cccc(-c2cc(C(=O)CCCCC(=O)c3ccc(O[C@@H]4O[C@H](COC(C)=O)[C@@H](OC(C)=O)[C@H](OC(C)=O)[C@@H]4OC(C)=O)c(-c4cccc(CC(=O)OCC)c4)c3)ccc2O[C@@H]2O[C@H](COC(C)=O)[C@@H](OC(C)=O)[C@H](OC(C)=O)[C@@H]2OC(C)=O)c1. The molecule has 2 saturated heterocycles. The van der Waals surface area contributed by atoms with Gasteiger partial charge in [-0.05, 0) is 85.3 Å². The molecule has 6 rings (SSSR count). The molecule has 26 nitrogen and oxygen atoms in total. The summed E-state index contributed by atoms with van der Waals surface area (Å²) >= 11 is 0. The van der Waals surface area contributed by atoms with Crippen LogP contribution in [0.15, 0.2) is 84.9 Å². The average molecular weight is 1280 g/mol. The van der Waals surface area contributed by atoms with Crippen molar-refractivity contribution in [2.75, 3.05) is 26.4 Å². The van der Waals surface area contributed by atoms with Crippen LogP contribution in [0, 0.1) is 0 Å². The number of unbranched alkanes of at least 4 members (excludes halogenated alkanes) is 1. The van der Waals surface area contributed by atoms with Gasteiger partial charge >= 0.3 is 59.7 Å². The van der Waals surface area contributed by atoms with Crippen LogP contribution in [0.3, 0.4) is 0 Å². The van der Waals surface area contributed by atoms with Crippen molar-refractivity contribution in [3.63, 3.8) is 0 Å². The number of esters is 10. The van der Waals surface area contributed by atoms with Gasteiger partial charge < -0.3 is 66.3 Å². The van der Waals surface area contributed by atoms with Crippen LogP contribution in [0.2, 0.25) is 0 Å². The number of rotatable bonds is 29. The summed E-state index contributed by atoms with van der Waals surface area (Å²) in [5.41, 5.74) is 2.86. The summed E-state index contributed by atoms with van der Waals surface area (Å²) in [4.78, 5) is 153. The second-order valence-electron chi connectivity index (χ2n) is 21.2. The number of benzene rings is 4. The number of ether oxygens (including phenoxy) is 14. The highest BCUT2D eigenvalue weighted by molar-refractivity contribution is 5.99. The van der Waals surface area contributed by atoms with Gasteiger partial charge in [-0.25, -0.2) is 0 Å². The Balaban J connectivity index is 1.31. The fourth-order valence-corrected chi connectivity index (χ4v) is 10.2. The molecule has 2 heterocycles. The first-order valence-corrected chi connectivity index (χ1v) is 29.5. The highest BCUT2D eigenvalue weighted by Gasteiger charge is 2.55. The predicted octanol–water partition coefficient (Wildman–Crippen LogP) is 6.78. The third kappa shape index (κ3) is 21.0. The number of hydrogen-bond acceptors (Lipinski definition) is 26. The molecule has 4 aromatic carbocycles. The van der Waals surface area contributed by atoms with Gasteiger partial charge in [0.15, 0.2) is 36.0 Å². The van der Waals surface area contributed by atoms with Crippen LogP contribution in [-0.2, 0) is 118 Å². The van der Waals surface area contributed by atoms with Gasteiger partial charge in [0, 0.05) is 90.5 Å². The van der Waals surface area contributed by atoms with E-state index in [1.807, 2.05) is 0 Å². The molecular formula is C66H74O26. The van der Waals surface area contributed by atoms with Crippen molar-refractivity contribution in [3.05, 3.63) is 107 Å². The molecule has 0 N–H and O–H groups in total. The minimum absolute atomic E-state index is 0.0286. The quantitative estimate of drug-likeness (QED) is 0.0234. The van der Waals surface area contributed by atoms with Gasteiger partial charge in [-0.1, -0.05) is 48.5 Å². The number of Topliss-reactive ketones (excluding diaryl/α,β-unsaturated/α-hetero) is 2. The van der Waals surface area contributed by atoms with Crippen molar-refractivity contribution in [2.45, 2.75) is 169 Å². The monoisotopic (exact) mass is 1280 g/mol. The smallest absolute Gasteiger partial charge is 0.310 e. The van der Waals surface area contributed by atoms with Crippen LogP contribution in [0.5, 0.6) is 11.5 Å². The van der Waals surface area contributed by atoms with Crippen LogP contribution in [0.25, 0.3) is 22.3 Å². The van der Waals surface area contributed by atoms with E-state index in [0.29, 0.717) is 22.3 Å². The topological polar surface area (TPSA) is 334 Å². The molecule has 2 aliphatic heterocycles. The lowest BCUT2D eigenvalue weighted by molar-refractivity contribution is -0.288. The van der Waals surface area contributed by atoms with E-state index in [9.17, 15) is 57.5 Å². The molecule has 26 heteroatoms. The fraction of sp³-hybridized carbons (Fsp3) is 0.455. The van der Waals surface area contributed by atoms with Gasteiger partial charge in [-0.15, -0.1) is 0 Å². The minimum atomic E-state index is -1.65. The van der Waals surface area contributed by atoms with Crippen LogP contribution in [-0.4, -0.2) is 159 Å². The Bertz CT molecular complexity index is 3150. The summed E-state index contributed by atoms with van der Waals surface area (Å²) < 4.78 is 79.8. The van der Waals surface area contributed by atoms with Crippen molar-refractivity contribution in [1.82, 2.24) is 0 Å². The number of hydrogen-bond donors (Lipinski definition) is 0. The standard InChI is InChI=1S/C66H74O26/c1-11-79-57(77)29-43-17-15-19-45(27-43)49-31-47(23-25-53(49)89-65-63(87-41(9)73)61(85-39(7)71)59(83-37(5)69)55(91-65)33-81-35(3)67)51(75)21-13-14-22-52(76)48-24-26-54(50(32-48)46-20-16-18-44(28-46)30-58(78)80-12-2)90-66-64(88-42(10)74)62(86-40(8)72)60(84-38(6)70)56(92-66)34-82-36(4)68/h15-20,23-28,31-32,55-56,59-66H,11-14,21-22,29-30,33-34H2,1-10H3/t55-,56-,59-,60-,61+,62+,63+,64+,65-,66-/m1/s1. The fourth-order valence-electron chi connectivity index (χ4n) is 10.2. The predicted molar refractivity (Wildman–Crippen MR) is 317 cm³/mol. The first kappa shape index (κ1) is 71.5. The van der Waals surface area contributed by atoms with E-state index in [0.717, 1.165) is 55.4 Å². The summed E-state index contributed by atoms with van der Waals surface area (Å²) in [5.74, 6) is -8.25. The first-order valence-electron chi connectivity index (χ1n) is 29.5. The van der Waals surface area contributed by atoms with Gasteiger partial charge in [0.1, 0.15) is 36.9 Å². The Kier molecular flexibility index (Phi) is 26.5. The molecule has 0 spiro atoms. The summed E-state index contributed by atoms with van der Waals surface area (Å²) in [6, 6.07) is 22.3. The second-order valence-corrected chi connectivity index (χ2v) is 21.2. The second kappa shape index (κ2) is 34.0. The third-order valence-corrected chi connectivity index (χ3v) is 13.8. The summed E-state index contributed by atoms with van der Waals surface area (Å²) in [7, 11) is 0. The zero-order valence-electron chi connectivity index (χ0n) is 52.5. The van der Waals surface area contributed by atoms with Gasteiger partial charge in [-0.3, -0.25) is 57.5 Å². The van der Waals surface area contributed by atoms with E-state index in [4.69, 9.17) is 66.3 Å². The van der Waals surface area contributed by atoms with Gasteiger partial charge in [0.2, 0.25) is 24.8 Å². The number of carbonyl (C=O) groups is 12. The van der Waals surface area contributed by atoms with Crippen molar-refractivity contribution in [2.24, 2.45) is 0 Å². The Morgan fingerprint density at radius 3 is 1.04 bits per heavy atom. The zero-order valence-corrected chi connectivity index (χ0v) is 52.5. The lowest BCUT2D eigenvalue weighted by Crippen LogP contribution is -2.63. The molecule has 92 heavy (non-hydrogen) atoms. The van der Waals surface area contributed by atoms with Gasteiger partial charge in [0.25, 0.3) is 0 Å². The lowest BCUT2D eigenvalue weighted by atomic mass is 9.95. The molecule has 0 bridgehead atoms. The maximum atomic E-state index is 14.2. The highest BCUT2D eigenvalue weighted by Crippen LogP contribution is 2.39. The van der Waals surface area contributed by atoms with E-state index in [2.05, 4.69) is 0 Å². The average Bonchev–Trinajstić information content (AvgIpc) is 0.836. The molecule has 494 valence electrons. The largest absolute Gasteiger partial charge is 0.466 e. The van der Waals surface area contributed by atoms with E-state index in [1.165, 1.54) is 36.4 Å². The van der Waals surface area contributed by atoms with E-state index in [1.54, 1.807) is 62.4 Å². The molecular weight excluding hydrogens is 1210 g/mol. The van der Waals surface area contributed by atoms with Crippen LogP contribution in [0.1, 0.15) is 127 Å². The molecule has 2 fully saturated rings. The zero-order chi connectivity index (χ0) is 67.3. The van der Waals surface area contributed by atoms with Crippen LogP contribution in [0.4, 0.5) is 0 Å². The maximum absolute atomic E-state index is 14.2. The maximum Gasteiger partial charge on any atom is 0.310 e. The number of ketones is 2. The molecule has 0 unspecified atom stereocenters. The molecule has 0 aliphatic carbocycles. The van der Waals surface area contributed by atoms with Crippen LogP contribution >= 0.6 is 0 Å². The van der Waals surface area contributed by atoms with Crippen LogP contribution < -0.4 is 9.47 Å². The summed E-state index contributed by atoms with van der Waals surface area (Å²) in [6.45, 7) is 11.3. The molecule has 2 aliphatic rings. The molecule has 0 radical (unpaired) electrons. The number of carbonyl (C=O) groups excluding carboxylic acids is 12. The van der Waals surface area contributed by atoms with Gasteiger partial charge in [-0.2, -0.15) is 0 Å². The minimum Gasteiger partial charge on any atom is -0.466 e. The molecule has 10 atom stereocenters. The lowest BCUT2D eigenvalue weighted by Gasteiger charge is -2.44. The third-order valence-electron chi connectivity index (χ3n) is 13.8. The van der Waals surface area contributed by atoms with Crippen molar-refractivity contribution in [1.29, 1.82) is 0 Å². The normalized spacial score (nSPS) is 20.7. The Hall–Kier alpha value is -9.56. The first-order chi connectivity index (χ1) is 43.7. The van der Waals surface area contributed by atoms with Crippen molar-refractivity contribution < 1.29 is 124 Å².